The van der Waals surface area contributed by atoms with Crippen LogP contribution in [0.3, 0.4) is 0 Å². The topological polar surface area (TPSA) is 25.2 Å². The summed E-state index contributed by atoms with van der Waals surface area (Å²) in [5.74, 6) is 0.605. The average molecular weight is 186 g/mol. The van der Waals surface area contributed by atoms with Gasteiger partial charge in [0.05, 0.1) is 10.7 Å². The summed E-state index contributed by atoms with van der Waals surface area (Å²) in [6.45, 7) is 0. The molecular weight excluding hydrogens is 180 g/mol. The summed E-state index contributed by atoms with van der Waals surface area (Å²) < 4.78 is 0. The maximum atomic E-state index is 4.50. The van der Waals surface area contributed by atoms with Crippen LogP contribution in [0.4, 0.5) is 5.82 Å². The fourth-order valence-electron chi connectivity index (χ4n) is 1.16. The lowest BCUT2D eigenvalue weighted by atomic mass is 10.2. The van der Waals surface area contributed by atoms with Gasteiger partial charge in [0.1, 0.15) is 0 Å². The second-order valence-corrected chi connectivity index (χ2v) is 2.75. The van der Waals surface area contributed by atoms with Crippen LogP contribution in [0.5, 0.6) is 0 Å². The minimum atomic E-state index is 0.605. The van der Waals surface area contributed by atoms with Gasteiger partial charge >= 0.3 is 0 Å². The van der Waals surface area contributed by atoms with Crippen molar-refractivity contribution in [3.05, 3.63) is 36.4 Å². The fourth-order valence-corrected chi connectivity index (χ4v) is 1.26. The van der Waals surface area contributed by atoms with Gasteiger partial charge in [0.25, 0.3) is 0 Å². The van der Waals surface area contributed by atoms with E-state index < -0.39 is 0 Å². The van der Waals surface area contributed by atoms with E-state index in [2.05, 4.69) is 27.4 Å². The molecule has 2 aromatic rings. The van der Waals surface area contributed by atoms with Crippen LogP contribution >= 0.6 is 12.2 Å². The first-order valence-corrected chi connectivity index (χ1v) is 4.24. The van der Waals surface area contributed by atoms with E-state index in [-0.39, 0.29) is 0 Å². The first-order valence-electron chi connectivity index (χ1n) is 3.84. The van der Waals surface area contributed by atoms with Gasteiger partial charge < -0.3 is 0 Å². The zero-order chi connectivity index (χ0) is 9.10. The standard InChI is InChI=1S/C10H6N2S/c13-7-11-10-6-5-8-3-1-2-4-9(8)12-10/h1-6H. The number of hydrogen-bond donors (Lipinski definition) is 0. The number of thiocarbonyl (C=S) groups is 1. The lowest BCUT2D eigenvalue weighted by Crippen LogP contribution is -1.77. The second-order valence-electron chi connectivity index (χ2n) is 2.57. The van der Waals surface area contributed by atoms with E-state index in [4.69, 9.17) is 0 Å². The predicted molar refractivity (Wildman–Crippen MR) is 56.4 cm³/mol. The van der Waals surface area contributed by atoms with Gasteiger partial charge in [-0.25, -0.2) is 4.98 Å². The highest BCUT2D eigenvalue weighted by Gasteiger charge is 1.94. The lowest BCUT2D eigenvalue weighted by Gasteiger charge is -1.95. The van der Waals surface area contributed by atoms with E-state index in [0.29, 0.717) is 5.82 Å². The molecule has 1 aromatic heterocycles. The number of fused-ring (bicyclic) bond motifs is 1. The summed E-state index contributed by atoms with van der Waals surface area (Å²) in [4.78, 5) is 8.08. The first kappa shape index (κ1) is 8.05. The molecule has 13 heavy (non-hydrogen) atoms. The van der Waals surface area contributed by atoms with Crippen molar-refractivity contribution in [1.82, 2.24) is 4.98 Å². The molecular formula is C10H6N2S. The Bertz CT molecular complexity index is 487. The predicted octanol–water partition coefficient (Wildman–Crippen LogP) is 2.97. The Hall–Kier alpha value is -1.57. The molecule has 0 saturated carbocycles. The second kappa shape index (κ2) is 3.44. The molecule has 0 fully saturated rings. The Kier molecular flexibility index (Phi) is 2.13. The minimum Gasteiger partial charge on any atom is -0.228 e. The van der Waals surface area contributed by atoms with Crippen LogP contribution in [0.15, 0.2) is 41.4 Å². The Morgan fingerprint density at radius 2 is 2.00 bits per heavy atom. The van der Waals surface area contributed by atoms with E-state index in [9.17, 15) is 0 Å². The van der Waals surface area contributed by atoms with Gasteiger partial charge in [-0.15, -0.1) is 0 Å². The fraction of sp³-hybridized carbons (Fsp3) is 0. The number of aliphatic imine (C=N–C) groups is 1. The van der Waals surface area contributed by atoms with Crippen molar-refractivity contribution in [2.75, 3.05) is 0 Å². The molecule has 0 aliphatic heterocycles. The molecule has 0 aliphatic rings. The summed E-state index contributed by atoms with van der Waals surface area (Å²) in [5, 5.41) is 3.40. The van der Waals surface area contributed by atoms with Gasteiger partial charge in [-0.3, -0.25) is 0 Å². The van der Waals surface area contributed by atoms with Gasteiger partial charge in [0.15, 0.2) is 5.82 Å². The maximum absolute atomic E-state index is 4.50. The summed E-state index contributed by atoms with van der Waals surface area (Å²) in [7, 11) is 0. The Balaban J connectivity index is 2.68. The van der Waals surface area contributed by atoms with Crippen molar-refractivity contribution < 1.29 is 0 Å². The summed E-state index contributed by atoms with van der Waals surface area (Å²) in [6.07, 6.45) is 0. The molecule has 2 nitrogen and oxygen atoms in total. The van der Waals surface area contributed by atoms with Gasteiger partial charge in [-0.2, -0.15) is 4.99 Å². The summed E-state index contributed by atoms with van der Waals surface area (Å²) in [5.41, 5.74) is 0.925. The van der Waals surface area contributed by atoms with Crippen LogP contribution in [0.2, 0.25) is 0 Å². The number of isothiocyanates is 1. The van der Waals surface area contributed by atoms with Crippen LogP contribution in [-0.2, 0) is 0 Å². The van der Waals surface area contributed by atoms with E-state index in [1.54, 1.807) is 0 Å². The number of aromatic nitrogens is 1. The van der Waals surface area contributed by atoms with Crippen LogP contribution in [0.1, 0.15) is 0 Å². The first-order chi connectivity index (χ1) is 6.40. The van der Waals surface area contributed by atoms with Crippen molar-refractivity contribution in [2.24, 2.45) is 4.99 Å². The molecule has 0 spiro atoms. The third kappa shape index (κ3) is 1.61. The molecule has 0 saturated heterocycles. The van der Waals surface area contributed by atoms with E-state index in [0.717, 1.165) is 10.9 Å². The number of pyridine rings is 1. The highest BCUT2D eigenvalue weighted by atomic mass is 32.1. The van der Waals surface area contributed by atoms with E-state index >= 15 is 0 Å². The molecule has 62 valence electrons. The van der Waals surface area contributed by atoms with Crippen molar-refractivity contribution >= 4 is 34.1 Å². The monoisotopic (exact) mass is 186 g/mol. The minimum absolute atomic E-state index is 0.605. The molecule has 2 rings (SSSR count). The van der Waals surface area contributed by atoms with Gasteiger partial charge in [-0.05, 0) is 30.4 Å². The highest BCUT2D eigenvalue weighted by Crippen LogP contribution is 2.15. The van der Waals surface area contributed by atoms with Crippen LogP contribution < -0.4 is 0 Å². The molecule has 1 heterocycles. The third-order valence-electron chi connectivity index (χ3n) is 1.74. The smallest absolute Gasteiger partial charge is 0.163 e. The van der Waals surface area contributed by atoms with Gasteiger partial charge in [0, 0.05) is 5.39 Å². The van der Waals surface area contributed by atoms with Crippen molar-refractivity contribution in [2.45, 2.75) is 0 Å². The molecule has 0 unspecified atom stereocenters. The van der Waals surface area contributed by atoms with E-state index in [1.807, 2.05) is 36.4 Å². The average Bonchev–Trinajstić information content (AvgIpc) is 2.18. The molecule has 0 radical (unpaired) electrons. The van der Waals surface area contributed by atoms with Gasteiger partial charge in [0.2, 0.25) is 0 Å². The summed E-state index contributed by atoms with van der Waals surface area (Å²) >= 11 is 4.50. The SMILES string of the molecule is S=C=Nc1ccc2ccccc2n1. The van der Waals surface area contributed by atoms with Crippen molar-refractivity contribution in [3.63, 3.8) is 0 Å². The zero-order valence-electron chi connectivity index (χ0n) is 6.77. The van der Waals surface area contributed by atoms with Gasteiger partial charge in [-0.1, -0.05) is 18.2 Å². The molecule has 1 aromatic carbocycles. The third-order valence-corrected chi connectivity index (χ3v) is 1.84. The van der Waals surface area contributed by atoms with Crippen molar-refractivity contribution in [3.8, 4) is 0 Å². The number of para-hydroxylation sites is 1. The lowest BCUT2D eigenvalue weighted by molar-refractivity contribution is 1.34. The molecule has 0 N–H and O–H groups in total. The molecule has 0 amide bonds. The van der Waals surface area contributed by atoms with E-state index in [1.165, 1.54) is 0 Å². The van der Waals surface area contributed by atoms with Crippen LogP contribution in [0, 0.1) is 0 Å². The molecule has 0 aliphatic carbocycles. The van der Waals surface area contributed by atoms with Crippen LogP contribution in [-0.4, -0.2) is 10.1 Å². The Morgan fingerprint density at radius 3 is 2.85 bits per heavy atom. The number of rotatable bonds is 1. The quantitative estimate of drug-likeness (QED) is 0.505. The Labute approximate surface area is 81.0 Å². The van der Waals surface area contributed by atoms with Crippen LogP contribution in [0.25, 0.3) is 10.9 Å². The number of benzene rings is 1. The largest absolute Gasteiger partial charge is 0.228 e. The Morgan fingerprint density at radius 1 is 1.15 bits per heavy atom. The zero-order valence-corrected chi connectivity index (χ0v) is 7.58. The molecule has 0 bridgehead atoms. The normalized spacial score (nSPS) is 9.54. The molecule has 0 atom stereocenters. The summed E-state index contributed by atoms with van der Waals surface area (Å²) in [6, 6.07) is 11.7. The maximum Gasteiger partial charge on any atom is 0.163 e. The number of nitrogens with zero attached hydrogens (tertiary/aromatic N) is 2. The van der Waals surface area contributed by atoms with Crippen molar-refractivity contribution in [1.29, 1.82) is 0 Å². The molecule has 3 heteroatoms. The number of hydrogen-bond acceptors (Lipinski definition) is 3. The highest BCUT2D eigenvalue weighted by molar-refractivity contribution is 7.78.